The van der Waals surface area contributed by atoms with Crippen molar-refractivity contribution in [2.45, 2.75) is 20.3 Å². The fourth-order valence-electron chi connectivity index (χ4n) is 2.89. The van der Waals surface area contributed by atoms with Crippen LogP contribution in [0.25, 0.3) is 5.69 Å². The Morgan fingerprint density at radius 2 is 2.04 bits per heavy atom. The summed E-state index contributed by atoms with van der Waals surface area (Å²) in [4.78, 5) is 12.5. The molecule has 140 valence electrons. The third kappa shape index (κ3) is 4.28. The van der Waals surface area contributed by atoms with Crippen LogP contribution in [0.5, 0.6) is 5.75 Å². The van der Waals surface area contributed by atoms with Gasteiger partial charge in [0.05, 0.1) is 18.5 Å². The van der Waals surface area contributed by atoms with Gasteiger partial charge in [0, 0.05) is 11.6 Å². The van der Waals surface area contributed by atoms with Gasteiger partial charge in [-0.3, -0.25) is 4.79 Å². The predicted octanol–water partition coefficient (Wildman–Crippen LogP) is 3.52. The van der Waals surface area contributed by atoms with Crippen LogP contribution in [0.2, 0.25) is 5.02 Å². The van der Waals surface area contributed by atoms with Gasteiger partial charge in [-0.25, -0.2) is 4.68 Å². The molecule has 0 saturated heterocycles. The summed E-state index contributed by atoms with van der Waals surface area (Å²) in [5.41, 5.74) is 3.92. The fraction of sp³-hybridized carbons (Fsp3) is 0.250. The number of hydrogen-bond donors (Lipinski definition) is 1. The molecule has 1 heterocycles. The molecule has 0 aliphatic heterocycles. The van der Waals surface area contributed by atoms with Gasteiger partial charge in [0.1, 0.15) is 5.75 Å². The van der Waals surface area contributed by atoms with E-state index in [1.807, 2.05) is 31.2 Å². The van der Waals surface area contributed by atoms with E-state index in [1.165, 1.54) is 0 Å². The number of carbonyl (C=O) groups excluding carboxylic acids is 1. The maximum absolute atomic E-state index is 12.5. The highest BCUT2D eigenvalue weighted by atomic mass is 35.5. The molecule has 2 aromatic carbocycles. The number of carbonyl (C=O) groups is 1. The third-order valence-electron chi connectivity index (χ3n) is 4.28. The molecule has 1 aromatic heterocycles. The third-order valence-corrected chi connectivity index (χ3v) is 4.51. The van der Waals surface area contributed by atoms with Crippen LogP contribution in [-0.4, -0.2) is 34.6 Å². The van der Waals surface area contributed by atoms with Crippen LogP contribution < -0.4 is 10.1 Å². The van der Waals surface area contributed by atoms with E-state index in [0.29, 0.717) is 29.4 Å². The molecule has 0 spiro atoms. The topological polar surface area (TPSA) is 69.0 Å². The molecule has 0 saturated carbocycles. The van der Waals surface area contributed by atoms with Crippen molar-refractivity contribution in [1.29, 1.82) is 0 Å². The molecule has 3 aromatic rings. The minimum atomic E-state index is -0.257. The summed E-state index contributed by atoms with van der Waals surface area (Å²) in [7, 11) is 1.64. The summed E-state index contributed by atoms with van der Waals surface area (Å²) >= 11 is 6.03. The van der Waals surface area contributed by atoms with Crippen LogP contribution in [0.1, 0.15) is 27.3 Å². The highest BCUT2D eigenvalue weighted by molar-refractivity contribution is 6.30. The second-order valence-electron chi connectivity index (χ2n) is 6.24. The maximum atomic E-state index is 12.5. The van der Waals surface area contributed by atoms with E-state index in [2.05, 4.69) is 21.7 Å². The van der Waals surface area contributed by atoms with Crippen molar-refractivity contribution in [2.24, 2.45) is 0 Å². The summed E-state index contributed by atoms with van der Waals surface area (Å²) in [5.74, 6) is 0.560. The zero-order valence-electron chi connectivity index (χ0n) is 15.5. The first kappa shape index (κ1) is 18.9. The summed E-state index contributed by atoms with van der Waals surface area (Å²) < 4.78 is 6.98. The molecule has 6 nitrogen and oxygen atoms in total. The van der Waals surface area contributed by atoms with Crippen molar-refractivity contribution in [3.05, 3.63) is 70.0 Å². The first-order valence-corrected chi connectivity index (χ1v) is 8.97. The lowest BCUT2D eigenvalue weighted by Crippen LogP contribution is -2.27. The fourth-order valence-corrected chi connectivity index (χ4v) is 3.07. The predicted molar refractivity (Wildman–Crippen MR) is 105 cm³/mol. The highest BCUT2D eigenvalue weighted by Crippen LogP contribution is 2.20. The van der Waals surface area contributed by atoms with Gasteiger partial charge >= 0.3 is 0 Å². The summed E-state index contributed by atoms with van der Waals surface area (Å²) in [6.45, 7) is 4.31. The Labute approximate surface area is 163 Å². The Balaban J connectivity index is 1.68. The van der Waals surface area contributed by atoms with Crippen LogP contribution in [0.15, 0.2) is 42.5 Å². The number of rotatable bonds is 6. The lowest BCUT2D eigenvalue weighted by Gasteiger charge is -2.10. The van der Waals surface area contributed by atoms with Gasteiger partial charge in [0.25, 0.3) is 5.91 Å². The second kappa shape index (κ2) is 8.22. The quantitative estimate of drug-likeness (QED) is 0.706. The number of aryl methyl sites for hydroxylation is 1. The molecule has 0 fully saturated rings. The van der Waals surface area contributed by atoms with Gasteiger partial charge in [0.15, 0.2) is 5.69 Å². The van der Waals surface area contributed by atoms with Gasteiger partial charge < -0.3 is 10.1 Å². The molecular formula is C20H21ClN4O2. The van der Waals surface area contributed by atoms with Gasteiger partial charge in [-0.1, -0.05) is 40.6 Å². The van der Waals surface area contributed by atoms with Crippen molar-refractivity contribution in [3.8, 4) is 11.4 Å². The first-order valence-electron chi connectivity index (χ1n) is 8.59. The molecule has 27 heavy (non-hydrogen) atoms. The van der Waals surface area contributed by atoms with E-state index in [0.717, 1.165) is 22.6 Å². The Kier molecular flexibility index (Phi) is 5.76. The SMILES string of the molecule is COc1ccc(C)cc1CCNC(=O)c1nnn(-c2cccc(Cl)c2)c1C. The van der Waals surface area contributed by atoms with E-state index >= 15 is 0 Å². The molecule has 0 radical (unpaired) electrons. The van der Waals surface area contributed by atoms with Crippen LogP contribution in [0.4, 0.5) is 0 Å². The molecule has 0 atom stereocenters. The number of aromatic nitrogens is 3. The van der Waals surface area contributed by atoms with E-state index in [1.54, 1.807) is 30.8 Å². The van der Waals surface area contributed by atoms with Gasteiger partial charge in [-0.2, -0.15) is 0 Å². The molecule has 7 heteroatoms. The van der Waals surface area contributed by atoms with Crippen LogP contribution in [-0.2, 0) is 6.42 Å². The molecule has 0 bridgehead atoms. The van der Waals surface area contributed by atoms with Crippen LogP contribution in [0, 0.1) is 13.8 Å². The van der Waals surface area contributed by atoms with E-state index < -0.39 is 0 Å². The number of ether oxygens (including phenoxy) is 1. The lowest BCUT2D eigenvalue weighted by atomic mass is 10.1. The maximum Gasteiger partial charge on any atom is 0.273 e. The van der Waals surface area contributed by atoms with Crippen molar-refractivity contribution in [3.63, 3.8) is 0 Å². The average Bonchev–Trinajstić information content (AvgIpc) is 3.03. The number of amides is 1. The van der Waals surface area contributed by atoms with Crippen molar-refractivity contribution < 1.29 is 9.53 Å². The number of halogens is 1. The monoisotopic (exact) mass is 384 g/mol. The Bertz CT molecular complexity index is 968. The molecule has 0 aliphatic carbocycles. The molecule has 3 rings (SSSR count). The number of nitrogens with zero attached hydrogens (tertiary/aromatic N) is 3. The second-order valence-corrected chi connectivity index (χ2v) is 6.67. The standard InChI is InChI=1S/C20H21ClN4O2/c1-13-7-8-18(27-3)15(11-13)9-10-22-20(26)19-14(2)25(24-23-19)17-6-4-5-16(21)12-17/h4-8,11-12H,9-10H2,1-3H3,(H,22,26). The smallest absolute Gasteiger partial charge is 0.273 e. The highest BCUT2D eigenvalue weighted by Gasteiger charge is 2.17. The lowest BCUT2D eigenvalue weighted by molar-refractivity contribution is 0.0948. The molecule has 0 aliphatic rings. The van der Waals surface area contributed by atoms with Crippen LogP contribution >= 0.6 is 11.6 Å². The van der Waals surface area contributed by atoms with Gasteiger partial charge in [-0.05, 0) is 50.1 Å². The van der Waals surface area contributed by atoms with Crippen LogP contribution in [0.3, 0.4) is 0 Å². The van der Waals surface area contributed by atoms with Crippen molar-refractivity contribution >= 4 is 17.5 Å². The molecular weight excluding hydrogens is 364 g/mol. The van der Waals surface area contributed by atoms with E-state index in [9.17, 15) is 4.79 Å². The first-order chi connectivity index (χ1) is 13.0. The minimum Gasteiger partial charge on any atom is -0.496 e. The number of nitrogens with one attached hydrogen (secondary N) is 1. The number of benzene rings is 2. The average molecular weight is 385 g/mol. The zero-order valence-corrected chi connectivity index (χ0v) is 16.2. The number of methoxy groups -OCH3 is 1. The summed E-state index contributed by atoms with van der Waals surface area (Å²) in [5, 5.41) is 11.6. The van der Waals surface area contributed by atoms with Gasteiger partial charge in [-0.15, -0.1) is 5.10 Å². The zero-order chi connectivity index (χ0) is 19.4. The van der Waals surface area contributed by atoms with Crippen molar-refractivity contribution in [2.75, 3.05) is 13.7 Å². The Morgan fingerprint density at radius 1 is 1.22 bits per heavy atom. The van der Waals surface area contributed by atoms with Crippen molar-refractivity contribution in [1.82, 2.24) is 20.3 Å². The molecule has 0 unspecified atom stereocenters. The number of hydrogen-bond acceptors (Lipinski definition) is 4. The molecule has 1 N–H and O–H groups in total. The summed E-state index contributed by atoms with van der Waals surface area (Å²) in [6.07, 6.45) is 0.665. The summed E-state index contributed by atoms with van der Waals surface area (Å²) in [6, 6.07) is 13.2. The van der Waals surface area contributed by atoms with Gasteiger partial charge in [0.2, 0.25) is 0 Å². The minimum absolute atomic E-state index is 0.257. The molecule has 1 amide bonds. The Hall–Kier alpha value is -2.86. The Morgan fingerprint density at radius 3 is 2.78 bits per heavy atom. The van der Waals surface area contributed by atoms with E-state index in [-0.39, 0.29) is 5.91 Å². The normalized spacial score (nSPS) is 10.7. The largest absolute Gasteiger partial charge is 0.496 e. The van der Waals surface area contributed by atoms with E-state index in [4.69, 9.17) is 16.3 Å².